The SMILES string of the molecule is CCNC(=NCCc1cn2cccc(C)c2n1)N1CCc2cc(OC)c(OC)cc2C1. The van der Waals surface area contributed by atoms with Gasteiger partial charge in [-0.25, -0.2) is 4.98 Å². The van der Waals surface area contributed by atoms with E-state index in [4.69, 9.17) is 19.5 Å². The van der Waals surface area contributed by atoms with Crippen molar-refractivity contribution in [3.8, 4) is 11.5 Å². The van der Waals surface area contributed by atoms with Crippen LogP contribution < -0.4 is 14.8 Å². The van der Waals surface area contributed by atoms with Gasteiger partial charge in [0.25, 0.3) is 0 Å². The predicted molar refractivity (Wildman–Crippen MR) is 123 cm³/mol. The molecule has 0 saturated carbocycles. The molecule has 1 aliphatic rings. The lowest BCUT2D eigenvalue weighted by molar-refractivity contribution is 0.346. The van der Waals surface area contributed by atoms with Crippen LogP contribution in [0.25, 0.3) is 5.65 Å². The van der Waals surface area contributed by atoms with Gasteiger partial charge in [-0.1, -0.05) is 6.07 Å². The van der Waals surface area contributed by atoms with Crippen molar-refractivity contribution < 1.29 is 9.47 Å². The molecule has 0 spiro atoms. The highest BCUT2D eigenvalue weighted by atomic mass is 16.5. The summed E-state index contributed by atoms with van der Waals surface area (Å²) in [6, 6.07) is 8.32. The fraction of sp³-hybridized carbons (Fsp3) is 0.417. The first-order chi connectivity index (χ1) is 15.1. The number of ether oxygens (including phenoxy) is 2. The quantitative estimate of drug-likeness (QED) is 0.489. The zero-order chi connectivity index (χ0) is 21.8. The van der Waals surface area contributed by atoms with E-state index >= 15 is 0 Å². The second kappa shape index (κ2) is 9.29. The van der Waals surface area contributed by atoms with Gasteiger partial charge in [-0.15, -0.1) is 0 Å². The van der Waals surface area contributed by atoms with E-state index in [1.165, 1.54) is 16.7 Å². The monoisotopic (exact) mass is 421 g/mol. The number of benzene rings is 1. The van der Waals surface area contributed by atoms with Crippen LogP contribution in [0.15, 0.2) is 41.7 Å². The number of pyridine rings is 1. The van der Waals surface area contributed by atoms with Gasteiger partial charge >= 0.3 is 0 Å². The molecule has 1 aliphatic heterocycles. The Morgan fingerprint density at radius 2 is 1.97 bits per heavy atom. The van der Waals surface area contributed by atoms with E-state index in [0.717, 1.165) is 61.3 Å². The van der Waals surface area contributed by atoms with E-state index in [9.17, 15) is 0 Å². The molecule has 0 amide bonds. The first-order valence-electron chi connectivity index (χ1n) is 10.8. The lowest BCUT2D eigenvalue weighted by Gasteiger charge is -2.32. The van der Waals surface area contributed by atoms with Gasteiger partial charge in [-0.05, 0) is 55.2 Å². The lowest BCUT2D eigenvalue weighted by Crippen LogP contribution is -2.44. The summed E-state index contributed by atoms with van der Waals surface area (Å²) in [4.78, 5) is 12.0. The number of aromatic nitrogens is 2. The minimum absolute atomic E-state index is 0.695. The van der Waals surface area contributed by atoms with Gasteiger partial charge in [0.05, 0.1) is 19.9 Å². The summed E-state index contributed by atoms with van der Waals surface area (Å²) in [6.45, 7) is 7.44. The minimum Gasteiger partial charge on any atom is -0.493 e. The Morgan fingerprint density at radius 1 is 1.19 bits per heavy atom. The normalized spacial score (nSPS) is 13.9. The molecule has 0 radical (unpaired) electrons. The molecule has 7 heteroatoms. The van der Waals surface area contributed by atoms with Crippen molar-refractivity contribution in [1.82, 2.24) is 19.6 Å². The molecule has 2 aromatic heterocycles. The van der Waals surface area contributed by atoms with E-state index in [2.05, 4.69) is 52.9 Å². The molecular formula is C24H31N5O2. The summed E-state index contributed by atoms with van der Waals surface area (Å²) < 4.78 is 13.0. The summed E-state index contributed by atoms with van der Waals surface area (Å²) in [6.07, 6.45) is 5.90. The van der Waals surface area contributed by atoms with Gasteiger partial charge in [0.15, 0.2) is 17.5 Å². The molecule has 1 N–H and O–H groups in total. The molecule has 164 valence electrons. The number of guanidine groups is 1. The summed E-state index contributed by atoms with van der Waals surface area (Å²) in [5.41, 5.74) is 5.83. The second-order valence-corrected chi connectivity index (χ2v) is 7.79. The Morgan fingerprint density at radius 3 is 2.68 bits per heavy atom. The third kappa shape index (κ3) is 4.45. The van der Waals surface area contributed by atoms with Gasteiger partial charge < -0.3 is 24.1 Å². The predicted octanol–water partition coefficient (Wildman–Crippen LogP) is 3.23. The Balaban J connectivity index is 1.48. The van der Waals surface area contributed by atoms with Crippen LogP contribution in [0.3, 0.4) is 0 Å². The van der Waals surface area contributed by atoms with E-state index < -0.39 is 0 Å². The molecular weight excluding hydrogens is 390 g/mol. The molecule has 0 fully saturated rings. The van der Waals surface area contributed by atoms with Crippen LogP contribution >= 0.6 is 0 Å². The van der Waals surface area contributed by atoms with Crippen LogP contribution in [0.5, 0.6) is 11.5 Å². The maximum Gasteiger partial charge on any atom is 0.194 e. The molecule has 0 unspecified atom stereocenters. The Kier molecular flexibility index (Phi) is 6.30. The fourth-order valence-electron chi connectivity index (χ4n) is 4.09. The van der Waals surface area contributed by atoms with Crippen LogP contribution in [0.2, 0.25) is 0 Å². The molecule has 0 bridgehead atoms. The van der Waals surface area contributed by atoms with Crippen molar-refractivity contribution in [2.75, 3.05) is 33.9 Å². The number of hydrogen-bond acceptors (Lipinski definition) is 4. The molecule has 7 nitrogen and oxygen atoms in total. The van der Waals surface area contributed by atoms with Crippen LogP contribution in [0.1, 0.15) is 29.3 Å². The number of fused-ring (bicyclic) bond motifs is 2. The zero-order valence-electron chi connectivity index (χ0n) is 18.8. The highest BCUT2D eigenvalue weighted by molar-refractivity contribution is 5.80. The number of rotatable bonds is 6. The van der Waals surface area contributed by atoms with E-state index in [1.807, 2.05) is 12.3 Å². The molecule has 0 atom stereocenters. The second-order valence-electron chi connectivity index (χ2n) is 7.79. The molecule has 0 aliphatic carbocycles. The number of methoxy groups -OCH3 is 2. The highest BCUT2D eigenvalue weighted by Gasteiger charge is 2.21. The van der Waals surface area contributed by atoms with E-state index in [0.29, 0.717) is 6.54 Å². The average Bonchev–Trinajstić information content (AvgIpc) is 3.21. The average molecular weight is 422 g/mol. The van der Waals surface area contributed by atoms with Gasteiger partial charge in [0.2, 0.25) is 0 Å². The summed E-state index contributed by atoms with van der Waals surface area (Å²) in [7, 11) is 3.36. The number of nitrogens with zero attached hydrogens (tertiary/aromatic N) is 4. The Bertz CT molecular complexity index is 1090. The molecule has 1 aromatic carbocycles. The molecule has 3 aromatic rings. The summed E-state index contributed by atoms with van der Waals surface area (Å²) in [5.74, 6) is 2.51. The minimum atomic E-state index is 0.695. The van der Waals surface area contributed by atoms with Gasteiger partial charge in [0.1, 0.15) is 5.65 Å². The summed E-state index contributed by atoms with van der Waals surface area (Å²) in [5, 5.41) is 3.45. The van der Waals surface area contributed by atoms with E-state index in [1.54, 1.807) is 14.2 Å². The number of aryl methyl sites for hydroxylation is 1. The van der Waals surface area contributed by atoms with Gasteiger partial charge in [0, 0.05) is 45.0 Å². The van der Waals surface area contributed by atoms with Crippen LogP contribution in [0.4, 0.5) is 0 Å². The number of imidazole rings is 1. The van der Waals surface area contributed by atoms with Crippen molar-refractivity contribution in [3.63, 3.8) is 0 Å². The van der Waals surface area contributed by atoms with Crippen molar-refractivity contribution in [2.45, 2.75) is 33.2 Å². The number of nitrogens with one attached hydrogen (secondary N) is 1. The van der Waals surface area contributed by atoms with Crippen molar-refractivity contribution in [1.29, 1.82) is 0 Å². The van der Waals surface area contributed by atoms with Gasteiger partial charge in [-0.2, -0.15) is 0 Å². The topological polar surface area (TPSA) is 63.4 Å². The lowest BCUT2D eigenvalue weighted by atomic mass is 9.99. The molecule has 3 heterocycles. The smallest absolute Gasteiger partial charge is 0.194 e. The molecule has 31 heavy (non-hydrogen) atoms. The largest absolute Gasteiger partial charge is 0.493 e. The highest BCUT2D eigenvalue weighted by Crippen LogP contribution is 2.33. The molecule has 0 saturated heterocycles. The van der Waals surface area contributed by atoms with Crippen LogP contribution in [0, 0.1) is 6.92 Å². The van der Waals surface area contributed by atoms with E-state index in [-0.39, 0.29) is 0 Å². The third-order valence-corrected chi connectivity index (χ3v) is 5.71. The third-order valence-electron chi connectivity index (χ3n) is 5.71. The zero-order valence-corrected chi connectivity index (χ0v) is 18.8. The summed E-state index contributed by atoms with van der Waals surface area (Å²) >= 11 is 0. The Labute approximate surface area is 183 Å². The standard InChI is InChI=1S/C24H31N5O2/c1-5-25-24(26-10-8-20-16-28-11-6-7-17(2)23(28)27-20)29-12-9-18-13-21(30-3)22(31-4)14-19(18)15-29/h6-7,11,13-14,16H,5,8-10,12,15H2,1-4H3,(H,25,26). The van der Waals surface area contributed by atoms with Crippen molar-refractivity contribution in [3.05, 3.63) is 59.0 Å². The number of aliphatic imine (C=N–C) groups is 1. The van der Waals surface area contributed by atoms with Crippen molar-refractivity contribution in [2.24, 2.45) is 4.99 Å². The van der Waals surface area contributed by atoms with Gasteiger partial charge in [-0.3, -0.25) is 4.99 Å². The fourth-order valence-corrected chi connectivity index (χ4v) is 4.09. The number of hydrogen-bond donors (Lipinski definition) is 1. The van der Waals surface area contributed by atoms with Crippen molar-refractivity contribution >= 4 is 11.6 Å². The Hall–Kier alpha value is -3.22. The first-order valence-corrected chi connectivity index (χ1v) is 10.8. The van der Waals surface area contributed by atoms with Crippen LogP contribution in [-0.4, -0.2) is 54.1 Å². The maximum absolute atomic E-state index is 5.49. The maximum atomic E-state index is 5.49. The first kappa shape index (κ1) is 21.0. The molecule has 4 rings (SSSR count). The van der Waals surface area contributed by atoms with Crippen LogP contribution in [-0.2, 0) is 19.4 Å².